The van der Waals surface area contributed by atoms with Crippen molar-refractivity contribution in [2.45, 2.75) is 12.5 Å². The number of nitrogens with zero attached hydrogens (tertiary/aromatic N) is 1. The molecular weight excluding hydrogens is 205 g/mol. The molecule has 2 rings (SSSR count). The first kappa shape index (κ1) is 9.80. The summed E-state index contributed by atoms with van der Waals surface area (Å²) in [6.07, 6.45) is 3.45. The average Bonchev–Trinajstić information content (AvgIpc) is 2.18. The number of hydrogen-bond donors (Lipinski definition) is 1. The molecule has 2 heterocycles. The maximum Gasteiger partial charge on any atom is 0.472 e. The van der Waals surface area contributed by atoms with E-state index < -0.39 is 7.82 Å². The van der Waals surface area contributed by atoms with E-state index >= 15 is 0 Å². The summed E-state index contributed by atoms with van der Waals surface area (Å²) >= 11 is 0. The number of pyridine rings is 1. The number of phosphoric acid groups is 1. The summed E-state index contributed by atoms with van der Waals surface area (Å²) in [6, 6.07) is 3.52. The highest BCUT2D eigenvalue weighted by molar-refractivity contribution is 7.47. The molecule has 0 amide bonds. The van der Waals surface area contributed by atoms with Crippen LogP contribution in [0, 0.1) is 0 Å². The molecule has 0 aromatic carbocycles. The summed E-state index contributed by atoms with van der Waals surface area (Å²) in [4.78, 5) is 13.0. The maximum atomic E-state index is 11.1. The van der Waals surface area contributed by atoms with Crippen LogP contribution in [0.3, 0.4) is 0 Å². The molecule has 14 heavy (non-hydrogen) atoms. The van der Waals surface area contributed by atoms with Gasteiger partial charge in [0.2, 0.25) is 0 Å². The predicted molar refractivity (Wildman–Crippen MR) is 48.5 cm³/mol. The van der Waals surface area contributed by atoms with Crippen molar-refractivity contribution in [2.24, 2.45) is 0 Å². The number of hydrogen-bond acceptors (Lipinski definition) is 4. The van der Waals surface area contributed by atoms with Crippen LogP contribution in [0.2, 0.25) is 0 Å². The van der Waals surface area contributed by atoms with E-state index in [-0.39, 0.29) is 12.7 Å². The lowest BCUT2D eigenvalue weighted by Gasteiger charge is -2.25. The highest BCUT2D eigenvalue weighted by atomic mass is 31.2. The van der Waals surface area contributed by atoms with Crippen molar-refractivity contribution in [2.75, 3.05) is 6.61 Å². The van der Waals surface area contributed by atoms with Crippen molar-refractivity contribution in [3.63, 3.8) is 0 Å². The fourth-order valence-corrected chi connectivity index (χ4v) is 2.27. The zero-order valence-electron chi connectivity index (χ0n) is 7.37. The topological polar surface area (TPSA) is 68.7 Å². The monoisotopic (exact) mass is 215 g/mol. The van der Waals surface area contributed by atoms with E-state index in [1.165, 1.54) is 0 Å². The molecule has 76 valence electrons. The lowest BCUT2D eigenvalue weighted by molar-refractivity contribution is 0.0468. The van der Waals surface area contributed by atoms with Gasteiger partial charge in [-0.05, 0) is 17.7 Å². The molecule has 2 atom stereocenters. The van der Waals surface area contributed by atoms with Crippen molar-refractivity contribution in [1.29, 1.82) is 0 Å². The molecule has 5 nitrogen and oxygen atoms in total. The van der Waals surface area contributed by atoms with E-state index in [0.29, 0.717) is 6.42 Å². The van der Waals surface area contributed by atoms with Crippen LogP contribution in [-0.4, -0.2) is 16.5 Å². The Morgan fingerprint density at radius 2 is 2.21 bits per heavy atom. The first-order valence-corrected chi connectivity index (χ1v) is 5.72. The van der Waals surface area contributed by atoms with Gasteiger partial charge in [-0.2, -0.15) is 0 Å². The van der Waals surface area contributed by atoms with Crippen molar-refractivity contribution in [1.82, 2.24) is 4.98 Å². The van der Waals surface area contributed by atoms with Crippen LogP contribution >= 0.6 is 7.82 Å². The standard InChI is InChI=1S/C8H10NO4P/c10-14(11)12-6-3-8(13-14)7-1-4-9-5-2-7/h1-2,4-5,8H,3,6H2,(H,10,11)/t8-/m0/s1. The Hall–Kier alpha value is -0.740. The minimum absolute atomic E-state index is 0.237. The second-order valence-corrected chi connectivity index (χ2v) is 4.37. The Morgan fingerprint density at radius 3 is 2.86 bits per heavy atom. The van der Waals surface area contributed by atoms with E-state index in [2.05, 4.69) is 9.51 Å². The predicted octanol–water partition coefficient (Wildman–Crippen LogP) is 1.66. The molecule has 1 N–H and O–H groups in total. The summed E-state index contributed by atoms with van der Waals surface area (Å²) in [6.45, 7) is 0.237. The van der Waals surface area contributed by atoms with Gasteiger partial charge in [0.25, 0.3) is 0 Å². The molecule has 1 aromatic rings. The van der Waals surface area contributed by atoms with Gasteiger partial charge in [0.1, 0.15) is 0 Å². The van der Waals surface area contributed by atoms with E-state index in [4.69, 9.17) is 9.42 Å². The summed E-state index contributed by atoms with van der Waals surface area (Å²) in [5, 5.41) is 0. The Labute approximate surface area is 81.3 Å². The van der Waals surface area contributed by atoms with Crippen LogP contribution in [0.4, 0.5) is 0 Å². The van der Waals surface area contributed by atoms with Crippen LogP contribution in [0.25, 0.3) is 0 Å². The van der Waals surface area contributed by atoms with Gasteiger partial charge in [0.05, 0.1) is 12.7 Å². The molecule has 0 saturated carbocycles. The van der Waals surface area contributed by atoms with Crippen molar-refractivity contribution >= 4 is 7.82 Å². The van der Waals surface area contributed by atoms with Gasteiger partial charge in [0, 0.05) is 18.8 Å². The molecule has 1 unspecified atom stereocenters. The smallest absolute Gasteiger partial charge is 0.302 e. The van der Waals surface area contributed by atoms with Crippen molar-refractivity contribution in [3.05, 3.63) is 30.1 Å². The van der Waals surface area contributed by atoms with Crippen LogP contribution in [0.5, 0.6) is 0 Å². The van der Waals surface area contributed by atoms with E-state index in [0.717, 1.165) is 5.56 Å². The molecule has 0 bridgehead atoms. The van der Waals surface area contributed by atoms with Gasteiger partial charge in [-0.1, -0.05) is 0 Å². The summed E-state index contributed by atoms with van der Waals surface area (Å²) in [5.74, 6) is 0. The first-order valence-electron chi connectivity index (χ1n) is 4.23. The molecule has 1 fully saturated rings. The van der Waals surface area contributed by atoms with Crippen molar-refractivity contribution in [3.8, 4) is 0 Å². The summed E-state index contributed by atoms with van der Waals surface area (Å²) in [5.41, 5.74) is 0.845. The molecular formula is C8H10NO4P. The summed E-state index contributed by atoms with van der Waals surface area (Å²) < 4.78 is 20.6. The first-order chi connectivity index (χ1) is 6.67. The van der Waals surface area contributed by atoms with E-state index in [1.807, 2.05) is 0 Å². The van der Waals surface area contributed by atoms with E-state index in [9.17, 15) is 4.57 Å². The third-order valence-electron chi connectivity index (χ3n) is 1.97. The largest absolute Gasteiger partial charge is 0.472 e. The Bertz CT molecular complexity index is 356. The van der Waals surface area contributed by atoms with E-state index in [1.54, 1.807) is 24.5 Å². The van der Waals surface area contributed by atoms with Gasteiger partial charge in [-0.15, -0.1) is 0 Å². The highest BCUT2D eigenvalue weighted by Gasteiger charge is 2.32. The lowest BCUT2D eigenvalue weighted by Crippen LogP contribution is -2.13. The van der Waals surface area contributed by atoms with Gasteiger partial charge < -0.3 is 4.89 Å². The molecule has 1 aliphatic heterocycles. The third kappa shape index (κ3) is 2.19. The maximum absolute atomic E-state index is 11.1. The Morgan fingerprint density at radius 1 is 1.50 bits per heavy atom. The minimum Gasteiger partial charge on any atom is -0.302 e. The van der Waals surface area contributed by atoms with Crippen LogP contribution in [0.1, 0.15) is 18.1 Å². The van der Waals surface area contributed by atoms with Gasteiger partial charge in [-0.25, -0.2) is 4.57 Å². The molecule has 0 radical (unpaired) electrons. The Balaban J connectivity index is 2.16. The number of rotatable bonds is 1. The fourth-order valence-electron chi connectivity index (χ4n) is 1.32. The quantitative estimate of drug-likeness (QED) is 0.721. The van der Waals surface area contributed by atoms with Gasteiger partial charge in [0.15, 0.2) is 0 Å². The minimum atomic E-state index is -3.83. The van der Waals surface area contributed by atoms with Crippen LogP contribution in [0.15, 0.2) is 24.5 Å². The fraction of sp³-hybridized carbons (Fsp3) is 0.375. The average molecular weight is 215 g/mol. The molecule has 0 aliphatic carbocycles. The number of phosphoric ester groups is 1. The zero-order chi connectivity index (χ0) is 10.0. The Kier molecular flexibility index (Phi) is 2.65. The molecule has 0 spiro atoms. The summed E-state index contributed by atoms with van der Waals surface area (Å²) in [7, 11) is -3.83. The second kappa shape index (κ2) is 3.79. The molecule has 1 saturated heterocycles. The third-order valence-corrected chi connectivity index (χ3v) is 3.00. The lowest BCUT2D eigenvalue weighted by atomic mass is 10.1. The normalized spacial score (nSPS) is 32.8. The van der Waals surface area contributed by atoms with Gasteiger partial charge in [-0.3, -0.25) is 14.0 Å². The number of aromatic nitrogens is 1. The SMILES string of the molecule is O=P1(O)OCC[C@@H](c2ccncc2)O1. The molecule has 1 aliphatic rings. The van der Waals surface area contributed by atoms with Gasteiger partial charge >= 0.3 is 7.82 Å². The van der Waals surface area contributed by atoms with Crippen LogP contribution < -0.4 is 0 Å². The molecule has 6 heteroatoms. The second-order valence-electron chi connectivity index (χ2n) is 2.97. The molecule has 1 aromatic heterocycles. The van der Waals surface area contributed by atoms with Crippen molar-refractivity contribution < 1.29 is 18.5 Å². The zero-order valence-corrected chi connectivity index (χ0v) is 8.26. The highest BCUT2D eigenvalue weighted by Crippen LogP contribution is 2.52. The van der Waals surface area contributed by atoms with Crippen LogP contribution in [-0.2, 0) is 13.6 Å².